The molecule has 1 heterocycles. The molecular weight excluding hydrogens is 180 g/mol. The number of hydrogen-bond acceptors (Lipinski definition) is 3. The molecule has 0 aromatic rings. The van der Waals surface area contributed by atoms with Crippen LogP contribution in [0.4, 0.5) is 0 Å². The van der Waals surface area contributed by atoms with Gasteiger partial charge in [0, 0.05) is 13.0 Å². The standard InChI is InChI=1S/C10H12N2O2/c1-3-4-12-9(13)5-7(2)8(6-11)10(12)14/h3-5H2,1-2H3. The molecule has 0 radical (unpaired) electrons. The summed E-state index contributed by atoms with van der Waals surface area (Å²) in [6.45, 7) is 3.94. The van der Waals surface area contributed by atoms with Crippen molar-refractivity contribution in [2.24, 2.45) is 0 Å². The average Bonchev–Trinajstić information content (AvgIpc) is 2.12. The number of imide groups is 1. The van der Waals surface area contributed by atoms with E-state index in [2.05, 4.69) is 0 Å². The van der Waals surface area contributed by atoms with Gasteiger partial charge in [0.25, 0.3) is 5.91 Å². The maximum atomic E-state index is 11.6. The minimum atomic E-state index is -0.442. The van der Waals surface area contributed by atoms with E-state index >= 15 is 0 Å². The van der Waals surface area contributed by atoms with E-state index in [0.717, 1.165) is 11.3 Å². The maximum absolute atomic E-state index is 11.6. The Labute approximate surface area is 82.8 Å². The summed E-state index contributed by atoms with van der Waals surface area (Å²) < 4.78 is 0. The smallest absolute Gasteiger partial charge is 0.271 e. The van der Waals surface area contributed by atoms with Crippen LogP contribution in [0.15, 0.2) is 11.1 Å². The number of carbonyl (C=O) groups excluding carboxylic acids is 2. The molecule has 74 valence electrons. The van der Waals surface area contributed by atoms with Crippen molar-refractivity contribution in [3.63, 3.8) is 0 Å². The predicted molar refractivity (Wildman–Crippen MR) is 49.9 cm³/mol. The van der Waals surface area contributed by atoms with Gasteiger partial charge in [0.05, 0.1) is 0 Å². The average molecular weight is 192 g/mol. The Kier molecular flexibility index (Phi) is 3.03. The molecule has 0 fully saturated rings. The highest BCUT2D eigenvalue weighted by molar-refractivity contribution is 6.10. The van der Waals surface area contributed by atoms with Gasteiger partial charge < -0.3 is 0 Å². The number of nitriles is 1. The van der Waals surface area contributed by atoms with Gasteiger partial charge in [-0.3, -0.25) is 14.5 Å². The maximum Gasteiger partial charge on any atom is 0.271 e. The van der Waals surface area contributed by atoms with Crippen LogP contribution in [0.25, 0.3) is 0 Å². The third-order valence-electron chi connectivity index (χ3n) is 2.16. The third-order valence-corrected chi connectivity index (χ3v) is 2.16. The predicted octanol–water partition coefficient (Wildman–Crippen LogP) is 0.995. The molecular formula is C10H12N2O2. The second-order valence-corrected chi connectivity index (χ2v) is 3.29. The van der Waals surface area contributed by atoms with Crippen molar-refractivity contribution in [1.82, 2.24) is 4.90 Å². The minimum absolute atomic E-state index is 0.123. The summed E-state index contributed by atoms with van der Waals surface area (Å²) >= 11 is 0. The van der Waals surface area contributed by atoms with Crippen molar-refractivity contribution in [3.05, 3.63) is 11.1 Å². The molecule has 0 bridgehead atoms. The Morgan fingerprint density at radius 2 is 2.14 bits per heavy atom. The van der Waals surface area contributed by atoms with Crippen molar-refractivity contribution in [1.29, 1.82) is 5.26 Å². The zero-order valence-electron chi connectivity index (χ0n) is 8.33. The molecule has 0 saturated heterocycles. The molecule has 0 aliphatic carbocycles. The fourth-order valence-corrected chi connectivity index (χ4v) is 1.43. The third kappa shape index (κ3) is 1.67. The Morgan fingerprint density at radius 1 is 1.50 bits per heavy atom. The monoisotopic (exact) mass is 192 g/mol. The first kappa shape index (κ1) is 10.5. The first-order chi connectivity index (χ1) is 6.61. The fraction of sp³-hybridized carbons (Fsp3) is 0.500. The van der Waals surface area contributed by atoms with Gasteiger partial charge in [0.1, 0.15) is 11.6 Å². The summed E-state index contributed by atoms with van der Waals surface area (Å²) in [5, 5.41) is 8.74. The van der Waals surface area contributed by atoms with Crippen molar-refractivity contribution in [3.8, 4) is 6.07 Å². The van der Waals surface area contributed by atoms with E-state index in [9.17, 15) is 9.59 Å². The van der Waals surface area contributed by atoms with E-state index in [0.29, 0.717) is 12.1 Å². The van der Waals surface area contributed by atoms with Gasteiger partial charge in [-0.05, 0) is 18.9 Å². The van der Waals surface area contributed by atoms with Crippen LogP contribution in [0.3, 0.4) is 0 Å². The lowest BCUT2D eigenvalue weighted by Crippen LogP contribution is -2.41. The molecule has 0 unspecified atom stereocenters. The number of nitrogens with zero attached hydrogens (tertiary/aromatic N) is 2. The fourth-order valence-electron chi connectivity index (χ4n) is 1.43. The van der Waals surface area contributed by atoms with Crippen LogP contribution in [0.1, 0.15) is 26.7 Å². The molecule has 2 amide bonds. The normalized spacial score (nSPS) is 17.4. The van der Waals surface area contributed by atoms with Crippen molar-refractivity contribution in [2.75, 3.05) is 6.54 Å². The van der Waals surface area contributed by atoms with Gasteiger partial charge in [-0.2, -0.15) is 5.26 Å². The zero-order chi connectivity index (χ0) is 10.7. The van der Waals surface area contributed by atoms with Gasteiger partial charge in [-0.15, -0.1) is 0 Å². The largest absolute Gasteiger partial charge is 0.278 e. The number of amides is 2. The molecule has 14 heavy (non-hydrogen) atoms. The molecule has 0 atom stereocenters. The van der Waals surface area contributed by atoms with Crippen LogP contribution in [0.2, 0.25) is 0 Å². The van der Waals surface area contributed by atoms with Crippen LogP contribution in [-0.4, -0.2) is 23.3 Å². The van der Waals surface area contributed by atoms with Crippen LogP contribution in [-0.2, 0) is 9.59 Å². The second kappa shape index (κ2) is 4.05. The first-order valence-corrected chi connectivity index (χ1v) is 4.56. The Morgan fingerprint density at radius 3 is 2.64 bits per heavy atom. The topological polar surface area (TPSA) is 61.2 Å². The molecule has 0 aromatic carbocycles. The van der Waals surface area contributed by atoms with Gasteiger partial charge >= 0.3 is 0 Å². The van der Waals surface area contributed by atoms with Crippen LogP contribution < -0.4 is 0 Å². The number of hydrogen-bond donors (Lipinski definition) is 0. The van der Waals surface area contributed by atoms with Gasteiger partial charge in [0.2, 0.25) is 5.91 Å². The van der Waals surface area contributed by atoms with Crippen molar-refractivity contribution >= 4 is 11.8 Å². The summed E-state index contributed by atoms with van der Waals surface area (Å²) in [5.74, 6) is -0.642. The van der Waals surface area contributed by atoms with Crippen LogP contribution in [0.5, 0.6) is 0 Å². The van der Waals surface area contributed by atoms with Gasteiger partial charge in [0.15, 0.2) is 0 Å². The summed E-state index contributed by atoms with van der Waals surface area (Å²) in [6.07, 6.45) is 0.907. The lowest BCUT2D eigenvalue weighted by atomic mass is 10.0. The van der Waals surface area contributed by atoms with Crippen molar-refractivity contribution < 1.29 is 9.59 Å². The SMILES string of the molecule is CCCN1C(=O)CC(C)=C(C#N)C1=O. The minimum Gasteiger partial charge on any atom is -0.278 e. The molecule has 1 aliphatic heterocycles. The molecule has 1 rings (SSSR count). The van der Waals surface area contributed by atoms with E-state index in [1.807, 2.05) is 13.0 Å². The highest BCUT2D eigenvalue weighted by Gasteiger charge is 2.30. The van der Waals surface area contributed by atoms with E-state index in [1.165, 1.54) is 0 Å². The highest BCUT2D eigenvalue weighted by atomic mass is 16.2. The van der Waals surface area contributed by atoms with E-state index < -0.39 is 5.91 Å². The number of rotatable bonds is 2. The van der Waals surface area contributed by atoms with E-state index in [4.69, 9.17) is 5.26 Å². The summed E-state index contributed by atoms with van der Waals surface area (Å²) in [5.41, 5.74) is 0.702. The molecule has 0 saturated carbocycles. The quantitative estimate of drug-likeness (QED) is 0.613. The lowest BCUT2D eigenvalue weighted by molar-refractivity contribution is -0.142. The Balaban J connectivity index is 3.02. The molecule has 0 N–H and O–H groups in total. The summed E-state index contributed by atoms with van der Waals surface area (Å²) in [7, 11) is 0. The van der Waals surface area contributed by atoms with E-state index in [1.54, 1.807) is 6.92 Å². The lowest BCUT2D eigenvalue weighted by Gasteiger charge is -2.24. The molecule has 0 aromatic heterocycles. The van der Waals surface area contributed by atoms with Gasteiger partial charge in [-0.25, -0.2) is 0 Å². The van der Waals surface area contributed by atoms with Gasteiger partial charge in [-0.1, -0.05) is 6.92 Å². The molecule has 4 nitrogen and oxygen atoms in total. The molecule has 0 spiro atoms. The van der Waals surface area contributed by atoms with Crippen LogP contribution in [0, 0.1) is 11.3 Å². The molecule has 1 aliphatic rings. The highest BCUT2D eigenvalue weighted by Crippen LogP contribution is 2.19. The number of carbonyl (C=O) groups is 2. The Hall–Kier alpha value is -1.63. The summed E-state index contributed by atoms with van der Waals surface area (Å²) in [4.78, 5) is 24.2. The zero-order valence-corrected chi connectivity index (χ0v) is 8.33. The van der Waals surface area contributed by atoms with Crippen molar-refractivity contribution in [2.45, 2.75) is 26.7 Å². The first-order valence-electron chi connectivity index (χ1n) is 4.56. The van der Waals surface area contributed by atoms with E-state index in [-0.39, 0.29) is 17.9 Å². The summed E-state index contributed by atoms with van der Waals surface area (Å²) in [6, 6.07) is 1.85. The molecule has 4 heteroatoms. The Bertz CT molecular complexity index is 350. The van der Waals surface area contributed by atoms with Crippen LogP contribution >= 0.6 is 0 Å². The second-order valence-electron chi connectivity index (χ2n) is 3.29.